The summed E-state index contributed by atoms with van der Waals surface area (Å²) in [5, 5.41) is 22.3. The standard InChI is InChI=1S/C45H33N3S/c1-2-14-29(15-3-1)43-46-44(36-20-9-8-19-33(36)34-22-12-24-40-41(34)37-21-10-11-23-39(37)49-40)48-45(47-43)42-32-18-7-5-16-30(32)27-38-31-17-6-4-13-28(31)25-26-35(38)42/h1-27,43-48H. The smallest absolute Gasteiger partial charge is 0.0876 e. The van der Waals surface area contributed by atoms with Gasteiger partial charge in [0.1, 0.15) is 0 Å². The second-order valence-corrected chi connectivity index (χ2v) is 14.1. The fraction of sp³-hybridized carbons (Fsp3) is 0.0667. The second-order valence-electron chi connectivity index (χ2n) is 13.0. The first-order valence-corrected chi connectivity index (χ1v) is 17.8. The summed E-state index contributed by atoms with van der Waals surface area (Å²) in [6, 6.07) is 59.7. The van der Waals surface area contributed by atoms with Gasteiger partial charge in [0.2, 0.25) is 0 Å². The van der Waals surface area contributed by atoms with Crippen LogP contribution in [0.4, 0.5) is 0 Å². The molecule has 1 aromatic heterocycles. The van der Waals surface area contributed by atoms with E-state index < -0.39 is 0 Å². The van der Waals surface area contributed by atoms with Crippen LogP contribution in [-0.2, 0) is 0 Å². The molecule has 234 valence electrons. The Bertz CT molecular complexity index is 2680. The molecule has 1 aliphatic rings. The van der Waals surface area contributed by atoms with E-state index in [-0.39, 0.29) is 18.5 Å². The van der Waals surface area contributed by atoms with Gasteiger partial charge in [-0.05, 0) is 78.3 Å². The molecule has 3 nitrogen and oxygen atoms in total. The summed E-state index contributed by atoms with van der Waals surface area (Å²) >= 11 is 1.87. The van der Waals surface area contributed by atoms with Gasteiger partial charge in [-0.2, -0.15) is 0 Å². The third-order valence-electron chi connectivity index (χ3n) is 10.2. The Morgan fingerprint density at radius 1 is 0.388 bits per heavy atom. The van der Waals surface area contributed by atoms with Gasteiger partial charge < -0.3 is 0 Å². The van der Waals surface area contributed by atoms with E-state index in [1.807, 2.05) is 11.3 Å². The average Bonchev–Trinajstić information content (AvgIpc) is 3.56. The zero-order valence-electron chi connectivity index (χ0n) is 26.7. The molecule has 1 saturated heterocycles. The Morgan fingerprint density at radius 3 is 1.94 bits per heavy atom. The fourth-order valence-corrected chi connectivity index (χ4v) is 9.12. The predicted molar refractivity (Wildman–Crippen MR) is 208 cm³/mol. The van der Waals surface area contributed by atoms with E-state index >= 15 is 0 Å². The van der Waals surface area contributed by atoms with Crippen LogP contribution in [0.3, 0.4) is 0 Å². The highest BCUT2D eigenvalue weighted by Crippen LogP contribution is 2.43. The molecule has 9 aromatic rings. The van der Waals surface area contributed by atoms with Crippen molar-refractivity contribution in [1.82, 2.24) is 16.0 Å². The van der Waals surface area contributed by atoms with Gasteiger partial charge in [0, 0.05) is 20.2 Å². The van der Waals surface area contributed by atoms with Crippen molar-refractivity contribution >= 4 is 63.8 Å². The number of nitrogens with one attached hydrogen (secondary N) is 3. The Balaban J connectivity index is 1.18. The van der Waals surface area contributed by atoms with Gasteiger partial charge >= 0.3 is 0 Å². The molecule has 3 atom stereocenters. The van der Waals surface area contributed by atoms with Crippen molar-refractivity contribution < 1.29 is 0 Å². The number of thiophene rings is 1. The van der Waals surface area contributed by atoms with Crippen LogP contribution in [0, 0.1) is 0 Å². The minimum absolute atomic E-state index is 0.0854. The van der Waals surface area contributed by atoms with Gasteiger partial charge in [0.25, 0.3) is 0 Å². The first-order valence-electron chi connectivity index (χ1n) is 17.0. The molecule has 8 aromatic carbocycles. The van der Waals surface area contributed by atoms with E-state index in [9.17, 15) is 0 Å². The first-order chi connectivity index (χ1) is 24.3. The minimum atomic E-state index is -0.142. The molecule has 49 heavy (non-hydrogen) atoms. The molecule has 0 radical (unpaired) electrons. The van der Waals surface area contributed by atoms with E-state index in [2.05, 4.69) is 180 Å². The molecule has 3 N–H and O–H groups in total. The normalized spacial score (nSPS) is 18.2. The Kier molecular flexibility index (Phi) is 6.81. The summed E-state index contributed by atoms with van der Waals surface area (Å²) in [6.45, 7) is 0. The number of rotatable bonds is 4. The number of benzene rings is 8. The highest BCUT2D eigenvalue weighted by Gasteiger charge is 2.33. The molecular formula is C45H33N3S. The van der Waals surface area contributed by atoms with Crippen molar-refractivity contribution in [2.45, 2.75) is 18.5 Å². The van der Waals surface area contributed by atoms with Gasteiger partial charge in [-0.25, -0.2) is 0 Å². The van der Waals surface area contributed by atoms with Gasteiger partial charge in [-0.15, -0.1) is 11.3 Å². The maximum Gasteiger partial charge on any atom is 0.0876 e. The van der Waals surface area contributed by atoms with Crippen LogP contribution < -0.4 is 16.0 Å². The van der Waals surface area contributed by atoms with Crippen molar-refractivity contribution in [3.05, 3.63) is 180 Å². The summed E-state index contributed by atoms with van der Waals surface area (Å²) in [4.78, 5) is 0. The second kappa shape index (κ2) is 11.7. The Labute approximate surface area is 288 Å². The third kappa shape index (κ3) is 4.76. The van der Waals surface area contributed by atoms with Crippen LogP contribution in [0.5, 0.6) is 0 Å². The van der Waals surface area contributed by atoms with E-state index in [0.29, 0.717) is 0 Å². The quantitative estimate of drug-likeness (QED) is 0.131. The number of hydrogen-bond donors (Lipinski definition) is 3. The van der Waals surface area contributed by atoms with E-state index in [0.717, 1.165) is 0 Å². The van der Waals surface area contributed by atoms with Crippen molar-refractivity contribution in [2.24, 2.45) is 0 Å². The van der Waals surface area contributed by atoms with Crippen molar-refractivity contribution in [1.29, 1.82) is 0 Å². The lowest BCUT2D eigenvalue weighted by molar-refractivity contribution is 0.205. The first kappa shape index (κ1) is 28.6. The van der Waals surface area contributed by atoms with Crippen LogP contribution in [-0.4, -0.2) is 0 Å². The summed E-state index contributed by atoms with van der Waals surface area (Å²) in [5.41, 5.74) is 6.21. The minimum Gasteiger partial charge on any atom is -0.279 e. The van der Waals surface area contributed by atoms with Crippen LogP contribution >= 0.6 is 11.3 Å². The summed E-state index contributed by atoms with van der Waals surface area (Å²) in [5.74, 6) is 0. The predicted octanol–water partition coefficient (Wildman–Crippen LogP) is 11.4. The average molecular weight is 648 g/mol. The third-order valence-corrected chi connectivity index (χ3v) is 11.3. The molecule has 0 aliphatic carbocycles. The molecule has 3 unspecified atom stereocenters. The van der Waals surface area contributed by atoms with E-state index in [1.54, 1.807) is 0 Å². The van der Waals surface area contributed by atoms with Crippen LogP contribution in [0.1, 0.15) is 35.2 Å². The topological polar surface area (TPSA) is 36.1 Å². The van der Waals surface area contributed by atoms with Crippen molar-refractivity contribution in [3.8, 4) is 11.1 Å². The van der Waals surface area contributed by atoms with E-state index in [4.69, 9.17) is 0 Å². The van der Waals surface area contributed by atoms with Crippen molar-refractivity contribution in [2.75, 3.05) is 0 Å². The lowest BCUT2D eigenvalue weighted by Gasteiger charge is -2.41. The molecule has 0 amide bonds. The van der Waals surface area contributed by atoms with Gasteiger partial charge in [-0.1, -0.05) is 146 Å². The van der Waals surface area contributed by atoms with Gasteiger partial charge in [-0.3, -0.25) is 16.0 Å². The molecule has 10 rings (SSSR count). The lowest BCUT2D eigenvalue weighted by Crippen LogP contribution is -2.54. The molecule has 0 bridgehead atoms. The van der Waals surface area contributed by atoms with Gasteiger partial charge in [0.15, 0.2) is 0 Å². The maximum atomic E-state index is 4.09. The van der Waals surface area contributed by atoms with Crippen LogP contribution in [0.15, 0.2) is 164 Å². The summed E-state index contributed by atoms with van der Waals surface area (Å²) in [7, 11) is 0. The molecular weight excluding hydrogens is 615 g/mol. The van der Waals surface area contributed by atoms with Crippen LogP contribution in [0.2, 0.25) is 0 Å². The summed E-state index contributed by atoms with van der Waals surface area (Å²) < 4.78 is 2.63. The SMILES string of the molecule is c1ccc(C2NC(c3ccccc3-c3cccc4sc5ccccc5c34)NC(c3c4ccccc4cc4c3ccc3ccccc34)N2)cc1. The Hall–Kier alpha value is -5.36. The zero-order chi connectivity index (χ0) is 32.3. The maximum absolute atomic E-state index is 4.09. The monoisotopic (exact) mass is 647 g/mol. The zero-order valence-corrected chi connectivity index (χ0v) is 27.5. The van der Waals surface area contributed by atoms with Gasteiger partial charge in [0.05, 0.1) is 18.5 Å². The highest BCUT2D eigenvalue weighted by atomic mass is 32.1. The molecule has 4 heteroatoms. The Morgan fingerprint density at radius 2 is 1.04 bits per heavy atom. The molecule has 1 aliphatic heterocycles. The number of hydrogen-bond acceptors (Lipinski definition) is 4. The molecule has 2 heterocycles. The van der Waals surface area contributed by atoms with Crippen LogP contribution in [0.25, 0.3) is 63.6 Å². The molecule has 0 saturated carbocycles. The van der Waals surface area contributed by atoms with E-state index in [1.165, 1.54) is 80.3 Å². The molecule has 1 fully saturated rings. The van der Waals surface area contributed by atoms with Crippen molar-refractivity contribution in [3.63, 3.8) is 0 Å². The molecule has 0 spiro atoms. The summed E-state index contributed by atoms with van der Waals surface area (Å²) in [6.07, 6.45) is -0.364. The highest BCUT2D eigenvalue weighted by molar-refractivity contribution is 7.25. The largest absolute Gasteiger partial charge is 0.279 e. The number of fused-ring (bicyclic) bond motifs is 7. The lowest BCUT2D eigenvalue weighted by atomic mass is 9.90. The fourth-order valence-electron chi connectivity index (χ4n) is 7.99.